The van der Waals surface area contributed by atoms with Crippen molar-refractivity contribution in [1.82, 2.24) is 10.2 Å². The maximum Gasteiger partial charge on any atom is 0.244 e. The number of hydrogen-bond acceptors (Lipinski definition) is 4. The lowest BCUT2D eigenvalue weighted by Gasteiger charge is -2.35. The SMILES string of the molecule is Cc1c(Cl)cccc1N(CC(=O)N(Cc1ccc(F)cc1)[C@H](Cc1ccccc1)C(=O)NC(C)(C)C)S(C)(=O)=O. The molecule has 0 aliphatic rings. The van der Waals surface area contributed by atoms with Gasteiger partial charge >= 0.3 is 0 Å². The van der Waals surface area contributed by atoms with E-state index in [1.807, 2.05) is 51.1 Å². The average Bonchev–Trinajstić information content (AvgIpc) is 2.86. The van der Waals surface area contributed by atoms with Crippen molar-refractivity contribution in [1.29, 1.82) is 0 Å². The molecule has 0 heterocycles. The highest BCUT2D eigenvalue weighted by Gasteiger charge is 2.34. The van der Waals surface area contributed by atoms with Crippen molar-refractivity contribution in [2.45, 2.75) is 52.2 Å². The fourth-order valence-electron chi connectivity index (χ4n) is 4.25. The summed E-state index contributed by atoms with van der Waals surface area (Å²) < 4.78 is 40.5. The van der Waals surface area contributed by atoms with Gasteiger partial charge in [-0.25, -0.2) is 12.8 Å². The molecule has 7 nitrogen and oxygen atoms in total. The first kappa shape index (κ1) is 31.1. The number of nitrogens with one attached hydrogen (secondary N) is 1. The van der Waals surface area contributed by atoms with Crippen LogP contribution in [0.25, 0.3) is 0 Å². The minimum absolute atomic E-state index is 0.0414. The maximum atomic E-state index is 14.1. The molecule has 3 rings (SSSR count). The van der Waals surface area contributed by atoms with E-state index in [1.165, 1.54) is 29.2 Å². The average molecular weight is 588 g/mol. The molecule has 1 N–H and O–H groups in total. The Morgan fingerprint density at radius 1 is 0.950 bits per heavy atom. The van der Waals surface area contributed by atoms with E-state index in [9.17, 15) is 22.4 Å². The van der Waals surface area contributed by atoms with Gasteiger partial charge in [0.25, 0.3) is 0 Å². The second-order valence-corrected chi connectivity index (χ2v) is 13.1. The van der Waals surface area contributed by atoms with Gasteiger partial charge in [-0.1, -0.05) is 60.1 Å². The number of carbonyl (C=O) groups excluding carboxylic acids is 2. The molecule has 0 aliphatic heterocycles. The van der Waals surface area contributed by atoms with Gasteiger partial charge in [-0.05, 0) is 68.7 Å². The number of carbonyl (C=O) groups is 2. The number of rotatable bonds is 10. The first-order chi connectivity index (χ1) is 18.7. The summed E-state index contributed by atoms with van der Waals surface area (Å²) in [5.74, 6) is -1.43. The number of halogens is 2. The van der Waals surface area contributed by atoms with Gasteiger partial charge in [-0.15, -0.1) is 0 Å². The molecular formula is C30H35ClFN3O4S. The van der Waals surface area contributed by atoms with E-state index in [0.29, 0.717) is 16.1 Å². The standard InChI is InChI=1S/C30H35ClFN3O4S/c1-21-25(31)12-9-13-26(21)35(40(5,38)39)20-28(36)34(19-23-14-16-24(32)17-15-23)27(29(37)33-30(2,3)4)18-22-10-7-6-8-11-22/h6-17,27H,18-20H2,1-5H3,(H,33,37)/t27-/m1/s1. The van der Waals surface area contributed by atoms with Crippen LogP contribution in [0.2, 0.25) is 5.02 Å². The van der Waals surface area contributed by atoms with Gasteiger partial charge in [-0.2, -0.15) is 0 Å². The Bertz CT molecular complexity index is 1440. The maximum absolute atomic E-state index is 14.1. The molecule has 3 aromatic rings. The highest BCUT2D eigenvalue weighted by molar-refractivity contribution is 7.92. The van der Waals surface area contributed by atoms with Crippen molar-refractivity contribution < 1.29 is 22.4 Å². The molecule has 0 spiro atoms. The molecule has 0 unspecified atom stereocenters. The summed E-state index contributed by atoms with van der Waals surface area (Å²) in [5.41, 5.74) is 1.58. The molecule has 10 heteroatoms. The van der Waals surface area contributed by atoms with E-state index in [1.54, 1.807) is 25.1 Å². The number of hydrogen-bond donors (Lipinski definition) is 1. The highest BCUT2D eigenvalue weighted by Crippen LogP contribution is 2.28. The Labute approximate surface area is 241 Å². The first-order valence-electron chi connectivity index (χ1n) is 12.8. The van der Waals surface area contributed by atoms with Gasteiger partial charge in [0.05, 0.1) is 11.9 Å². The van der Waals surface area contributed by atoms with Crippen molar-refractivity contribution in [3.63, 3.8) is 0 Å². The molecule has 0 saturated carbocycles. The lowest BCUT2D eigenvalue weighted by atomic mass is 10.0. The Morgan fingerprint density at radius 3 is 2.15 bits per heavy atom. The Balaban J connectivity index is 2.09. The zero-order valence-corrected chi connectivity index (χ0v) is 24.9. The molecule has 0 aliphatic carbocycles. The monoisotopic (exact) mass is 587 g/mol. The molecule has 0 radical (unpaired) electrons. The van der Waals surface area contributed by atoms with Crippen LogP contribution in [0.15, 0.2) is 72.8 Å². The largest absolute Gasteiger partial charge is 0.350 e. The van der Waals surface area contributed by atoms with Crippen LogP contribution in [0.3, 0.4) is 0 Å². The number of anilines is 1. The molecule has 0 bridgehead atoms. The van der Waals surface area contributed by atoms with Crippen LogP contribution in [0.1, 0.15) is 37.5 Å². The van der Waals surface area contributed by atoms with Crippen LogP contribution < -0.4 is 9.62 Å². The minimum atomic E-state index is -3.92. The van der Waals surface area contributed by atoms with E-state index >= 15 is 0 Å². The zero-order chi connectivity index (χ0) is 29.7. The predicted molar refractivity (Wildman–Crippen MR) is 157 cm³/mol. The quantitative estimate of drug-likeness (QED) is 0.357. The van der Waals surface area contributed by atoms with E-state index in [4.69, 9.17) is 11.6 Å². The molecule has 40 heavy (non-hydrogen) atoms. The zero-order valence-electron chi connectivity index (χ0n) is 23.3. The smallest absolute Gasteiger partial charge is 0.244 e. The van der Waals surface area contributed by atoms with Gasteiger partial charge in [-0.3, -0.25) is 13.9 Å². The summed E-state index contributed by atoms with van der Waals surface area (Å²) in [6.45, 7) is 6.58. The third-order valence-corrected chi connectivity index (χ3v) is 7.76. The van der Waals surface area contributed by atoms with Crippen molar-refractivity contribution in [3.05, 3.63) is 100 Å². The second kappa shape index (κ2) is 12.8. The molecule has 214 valence electrons. The van der Waals surface area contributed by atoms with Crippen LogP contribution in [0.5, 0.6) is 0 Å². The third-order valence-electron chi connectivity index (χ3n) is 6.22. The van der Waals surface area contributed by atoms with Crippen molar-refractivity contribution in [3.8, 4) is 0 Å². The molecule has 1 atom stereocenters. The molecule has 2 amide bonds. The number of sulfonamides is 1. The van der Waals surface area contributed by atoms with Crippen LogP contribution in [-0.4, -0.2) is 49.5 Å². The van der Waals surface area contributed by atoms with E-state index in [0.717, 1.165) is 16.1 Å². The van der Waals surface area contributed by atoms with Crippen LogP contribution in [-0.2, 0) is 32.6 Å². The molecular weight excluding hydrogens is 553 g/mol. The lowest BCUT2D eigenvalue weighted by Crippen LogP contribution is -2.56. The Hall–Kier alpha value is -3.43. The summed E-state index contributed by atoms with van der Waals surface area (Å²) in [6, 6.07) is 18.7. The van der Waals surface area contributed by atoms with Crippen LogP contribution >= 0.6 is 11.6 Å². The summed E-state index contributed by atoms with van der Waals surface area (Å²) >= 11 is 6.27. The van der Waals surface area contributed by atoms with Gasteiger partial charge < -0.3 is 10.2 Å². The highest BCUT2D eigenvalue weighted by atomic mass is 35.5. The molecule has 0 saturated heterocycles. The molecule has 3 aromatic carbocycles. The normalized spacial score (nSPS) is 12.5. The molecule has 0 aromatic heterocycles. The summed E-state index contributed by atoms with van der Waals surface area (Å²) in [7, 11) is -3.92. The summed E-state index contributed by atoms with van der Waals surface area (Å²) in [4.78, 5) is 29.1. The lowest BCUT2D eigenvalue weighted by molar-refractivity contribution is -0.140. The number of nitrogens with zero attached hydrogens (tertiary/aromatic N) is 2. The number of amides is 2. The van der Waals surface area contributed by atoms with Crippen molar-refractivity contribution >= 4 is 39.1 Å². The fourth-order valence-corrected chi connectivity index (χ4v) is 5.32. The predicted octanol–water partition coefficient (Wildman–Crippen LogP) is 5.11. The topological polar surface area (TPSA) is 86.8 Å². The fraction of sp³-hybridized carbons (Fsp3) is 0.333. The van der Waals surface area contributed by atoms with Crippen LogP contribution in [0.4, 0.5) is 10.1 Å². The van der Waals surface area contributed by atoms with Crippen molar-refractivity contribution in [2.75, 3.05) is 17.1 Å². The van der Waals surface area contributed by atoms with E-state index in [2.05, 4.69) is 5.32 Å². The van der Waals surface area contributed by atoms with Gasteiger partial charge in [0.1, 0.15) is 18.4 Å². The van der Waals surface area contributed by atoms with Gasteiger partial charge in [0.2, 0.25) is 21.8 Å². The summed E-state index contributed by atoms with van der Waals surface area (Å²) in [5, 5.41) is 3.31. The summed E-state index contributed by atoms with van der Waals surface area (Å²) in [6.07, 6.45) is 1.20. The van der Waals surface area contributed by atoms with E-state index in [-0.39, 0.29) is 18.7 Å². The third kappa shape index (κ3) is 8.53. The van der Waals surface area contributed by atoms with Crippen molar-refractivity contribution in [2.24, 2.45) is 0 Å². The first-order valence-corrected chi connectivity index (χ1v) is 15.0. The Morgan fingerprint density at radius 2 is 1.57 bits per heavy atom. The van der Waals surface area contributed by atoms with Gasteiger partial charge in [0, 0.05) is 23.5 Å². The van der Waals surface area contributed by atoms with E-state index < -0.39 is 45.8 Å². The number of benzene rings is 3. The second-order valence-electron chi connectivity index (χ2n) is 10.7. The minimum Gasteiger partial charge on any atom is -0.350 e. The molecule has 0 fully saturated rings. The van der Waals surface area contributed by atoms with Gasteiger partial charge in [0.15, 0.2) is 0 Å². The van der Waals surface area contributed by atoms with Crippen LogP contribution in [0, 0.1) is 12.7 Å². The Kier molecular flexibility index (Phi) is 9.97.